The third-order valence-electron chi connectivity index (χ3n) is 3.45. The van der Waals surface area contributed by atoms with Crippen LogP contribution in [0.2, 0.25) is 5.02 Å². The molecule has 0 spiro atoms. The molecule has 0 heterocycles. The van der Waals surface area contributed by atoms with Gasteiger partial charge >= 0.3 is 0 Å². The normalized spacial score (nSPS) is 10.5. The van der Waals surface area contributed by atoms with Gasteiger partial charge in [0.2, 0.25) is 11.8 Å². The molecule has 0 bridgehead atoms. The standard InChI is InChI=1S/C17H14ClF3N2O2/c1-9-7-11(18)3-5-13(9)22-15(25)8-23(10(2)24)14-6-4-12(19)16(20)17(14)21/h3-7H,8H2,1-2H3,(H,22,25). The average molecular weight is 371 g/mol. The topological polar surface area (TPSA) is 49.4 Å². The van der Waals surface area contributed by atoms with Crippen LogP contribution in [-0.2, 0) is 9.59 Å². The van der Waals surface area contributed by atoms with Gasteiger partial charge in [-0.05, 0) is 42.8 Å². The first-order valence-electron chi connectivity index (χ1n) is 7.18. The van der Waals surface area contributed by atoms with Crippen molar-refractivity contribution >= 4 is 34.8 Å². The van der Waals surface area contributed by atoms with Crippen LogP contribution in [0.3, 0.4) is 0 Å². The van der Waals surface area contributed by atoms with E-state index in [-0.39, 0.29) is 0 Å². The largest absolute Gasteiger partial charge is 0.324 e. The van der Waals surface area contributed by atoms with E-state index in [1.54, 1.807) is 25.1 Å². The number of anilines is 2. The molecular weight excluding hydrogens is 357 g/mol. The quantitative estimate of drug-likeness (QED) is 0.825. The molecule has 132 valence electrons. The Morgan fingerprint density at radius 3 is 2.40 bits per heavy atom. The number of amides is 2. The second-order valence-electron chi connectivity index (χ2n) is 5.31. The Hall–Kier alpha value is -2.54. The van der Waals surface area contributed by atoms with E-state index >= 15 is 0 Å². The maximum absolute atomic E-state index is 13.9. The first-order chi connectivity index (χ1) is 11.7. The van der Waals surface area contributed by atoms with Gasteiger partial charge in [0.05, 0.1) is 5.69 Å². The first-order valence-corrected chi connectivity index (χ1v) is 7.56. The van der Waals surface area contributed by atoms with Gasteiger partial charge in [-0.3, -0.25) is 9.59 Å². The molecule has 25 heavy (non-hydrogen) atoms. The van der Waals surface area contributed by atoms with Crippen LogP contribution in [0.25, 0.3) is 0 Å². The molecule has 0 aliphatic heterocycles. The van der Waals surface area contributed by atoms with Gasteiger partial charge in [-0.1, -0.05) is 11.6 Å². The number of nitrogens with one attached hydrogen (secondary N) is 1. The number of carbonyl (C=O) groups excluding carboxylic acids is 2. The Kier molecular flexibility index (Phi) is 5.69. The molecule has 0 unspecified atom stereocenters. The lowest BCUT2D eigenvalue weighted by molar-refractivity contribution is -0.120. The molecule has 0 saturated carbocycles. The molecule has 0 aliphatic carbocycles. The predicted octanol–water partition coefficient (Wildman–Crippen LogP) is 4.06. The number of benzene rings is 2. The van der Waals surface area contributed by atoms with Crippen molar-refractivity contribution in [2.24, 2.45) is 0 Å². The van der Waals surface area contributed by atoms with Crippen molar-refractivity contribution in [3.8, 4) is 0 Å². The van der Waals surface area contributed by atoms with E-state index in [9.17, 15) is 22.8 Å². The molecule has 8 heteroatoms. The van der Waals surface area contributed by atoms with E-state index in [2.05, 4.69) is 5.32 Å². The van der Waals surface area contributed by atoms with Crippen molar-refractivity contribution < 1.29 is 22.8 Å². The van der Waals surface area contributed by atoms with E-state index < -0.39 is 41.5 Å². The summed E-state index contributed by atoms with van der Waals surface area (Å²) in [4.78, 5) is 24.6. The highest BCUT2D eigenvalue weighted by Crippen LogP contribution is 2.24. The zero-order valence-corrected chi connectivity index (χ0v) is 14.1. The Labute approximate surface area is 147 Å². The molecule has 1 N–H and O–H groups in total. The van der Waals surface area contributed by atoms with Crippen LogP contribution in [0.5, 0.6) is 0 Å². The van der Waals surface area contributed by atoms with Gasteiger partial charge in [-0.2, -0.15) is 0 Å². The van der Waals surface area contributed by atoms with Crippen LogP contribution in [0, 0.1) is 24.4 Å². The summed E-state index contributed by atoms with van der Waals surface area (Å²) >= 11 is 5.83. The van der Waals surface area contributed by atoms with Crippen molar-refractivity contribution in [2.45, 2.75) is 13.8 Å². The molecule has 0 aromatic heterocycles. The van der Waals surface area contributed by atoms with Crippen LogP contribution in [0.15, 0.2) is 30.3 Å². The molecular formula is C17H14ClF3N2O2. The highest BCUT2D eigenvalue weighted by Gasteiger charge is 2.23. The van der Waals surface area contributed by atoms with Crippen LogP contribution < -0.4 is 10.2 Å². The minimum absolute atomic E-state index is 0.462. The van der Waals surface area contributed by atoms with Gasteiger partial charge in [-0.15, -0.1) is 0 Å². The number of hydrogen-bond donors (Lipinski definition) is 1. The van der Waals surface area contributed by atoms with Crippen LogP contribution in [-0.4, -0.2) is 18.4 Å². The SMILES string of the molecule is CC(=O)N(CC(=O)Nc1ccc(Cl)cc1C)c1ccc(F)c(F)c1F. The first kappa shape index (κ1) is 18.8. The zero-order chi connectivity index (χ0) is 18.7. The van der Waals surface area contributed by atoms with Gasteiger partial charge in [0.15, 0.2) is 17.5 Å². The second-order valence-corrected chi connectivity index (χ2v) is 5.74. The molecule has 2 rings (SSSR count). The molecule has 2 aromatic carbocycles. The van der Waals surface area contributed by atoms with E-state index in [0.29, 0.717) is 22.3 Å². The number of carbonyl (C=O) groups is 2. The summed E-state index contributed by atoms with van der Waals surface area (Å²) in [6.45, 7) is 2.24. The molecule has 0 aliphatic rings. The number of hydrogen-bond acceptors (Lipinski definition) is 2. The van der Waals surface area contributed by atoms with E-state index in [4.69, 9.17) is 11.6 Å². The van der Waals surface area contributed by atoms with Crippen LogP contribution in [0.1, 0.15) is 12.5 Å². The lowest BCUT2D eigenvalue weighted by atomic mass is 10.2. The smallest absolute Gasteiger partial charge is 0.244 e. The lowest BCUT2D eigenvalue weighted by Crippen LogP contribution is -2.37. The van der Waals surface area contributed by atoms with Crippen molar-refractivity contribution in [3.63, 3.8) is 0 Å². The van der Waals surface area contributed by atoms with Crippen LogP contribution in [0.4, 0.5) is 24.5 Å². The van der Waals surface area contributed by atoms with E-state index in [1.807, 2.05) is 0 Å². The Bertz CT molecular complexity index is 843. The third kappa shape index (κ3) is 4.30. The highest BCUT2D eigenvalue weighted by molar-refractivity contribution is 6.30. The summed E-state index contributed by atoms with van der Waals surface area (Å²) in [6, 6.07) is 6.36. The average Bonchev–Trinajstić information content (AvgIpc) is 2.53. The van der Waals surface area contributed by atoms with E-state index in [0.717, 1.165) is 17.9 Å². The number of rotatable bonds is 4. The fourth-order valence-electron chi connectivity index (χ4n) is 2.19. The Morgan fingerprint density at radius 2 is 1.80 bits per heavy atom. The summed E-state index contributed by atoms with van der Waals surface area (Å²) in [5.74, 6) is -5.97. The zero-order valence-electron chi connectivity index (χ0n) is 13.4. The summed E-state index contributed by atoms with van der Waals surface area (Å²) in [5, 5.41) is 3.05. The van der Waals surface area contributed by atoms with Gasteiger partial charge in [-0.25, -0.2) is 13.2 Å². The predicted molar refractivity (Wildman–Crippen MR) is 89.2 cm³/mol. The molecule has 2 aromatic rings. The fraction of sp³-hybridized carbons (Fsp3) is 0.176. The third-order valence-corrected chi connectivity index (χ3v) is 3.69. The van der Waals surface area contributed by atoms with E-state index in [1.165, 1.54) is 0 Å². The van der Waals surface area contributed by atoms with Gasteiger partial charge in [0, 0.05) is 17.6 Å². The van der Waals surface area contributed by atoms with Crippen LogP contribution >= 0.6 is 11.6 Å². The maximum atomic E-state index is 13.9. The second kappa shape index (κ2) is 7.57. The lowest BCUT2D eigenvalue weighted by Gasteiger charge is -2.21. The number of aryl methyl sites for hydroxylation is 1. The molecule has 0 saturated heterocycles. The molecule has 4 nitrogen and oxygen atoms in total. The molecule has 2 amide bonds. The number of nitrogens with zero attached hydrogens (tertiary/aromatic N) is 1. The van der Waals surface area contributed by atoms with Crippen molar-refractivity contribution in [1.29, 1.82) is 0 Å². The highest BCUT2D eigenvalue weighted by atomic mass is 35.5. The van der Waals surface area contributed by atoms with Crippen molar-refractivity contribution in [2.75, 3.05) is 16.8 Å². The summed E-state index contributed by atoms with van der Waals surface area (Å²) in [6.07, 6.45) is 0. The minimum Gasteiger partial charge on any atom is -0.324 e. The summed E-state index contributed by atoms with van der Waals surface area (Å²) in [7, 11) is 0. The summed E-state index contributed by atoms with van der Waals surface area (Å²) < 4.78 is 40.3. The van der Waals surface area contributed by atoms with Gasteiger partial charge < -0.3 is 10.2 Å². The van der Waals surface area contributed by atoms with Gasteiger partial charge in [0.25, 0.3) is 0 Å². The minimum atomic E-state index is -1.71. The number of halogens is 4. The fourth-order valence-corrected chi connectivity index (χ4v) is 2.42. The Morgan fingerprint density at radius 1 is 1.12 bits per heavy atom. The summed E-state index contributed by atoms with van der Waals surface area (Å²) in [5.41, 5.74) is 0.632. The monoisotopic (exact) mass is 370 g/mol. The van der Waals surface area contributed by atoms with Crippen molar-refractivity contribution in [3.05, 3.63) is 58.4 Å². The van der Waals surface area contributed by atoms with Crippen molar-refractivity contribution in [1.82, 2.24) is 0 Å². The van der Waals surface area contributed by atoms with Gasteiger partial charge in [0.1, 0.15) is 6.54 Å². The molecule has 0 atom stereocenters. The maximum Gasteiger partial charge on any atom is 0.244 e. The Balaban J connectivity index is 2.23. The molecule has 0 fully saturated rings. The molecule has 0 radical (unpaired) electrons.